The third-order valence-corrected chi connectivity index (χ3v) is 10.5. The Bertz CT molecular complexity index is 2000. The molecule has 4 aliphatic rings. The molecule has 4 saturated carbocycles. The van der Waals surface area contributed by atoms with Gasteiger partial charge in [0.15, 0.2) is 0 Å². The van der Waals surface area contributed by atoms with Crippen LogP contribution in [-0.4, -0.2) is 32.4 Å². The molecule has 242 valence electrons. The van der Waals surface area contributed by atoms with Gasteiger partial charge in [0.25, 0.3) is 5.56 Å². The number of aromatic nitrogens is 4. The molecule has 5 atom stereocenters. The number of para-hydroxylation sites is 1. The van der Waals surface area contributed by atoms with Crippen LogP contribution >= 0.6 is 0 Å². The maximum absolute atomic E-state index is 13.2. The van der Waals surface area contributed by atoms with Gasteiger partial charge in [0.05, 0.1) is 18.4 Å². The van der Waals surface area contributed by atoms with E-state index in [0.29, 0.717) is 40.5 Å². The lowest BCUT2D eigenvalue weighted by molar-refractivity contribution is -0.274. The van der Waals surface area contributed by atoms with Crippen LogP contribution in [0.25, 0.3) is 16.9 Å². The normalized spacial score (nSPS) is 26.3. The van der Waals surface area contributed by atoms with Crippen molar-refractivity contribution in [3.8, 4) is 28.8 Å². The van der Waals surface area contributed by atoms with Gasteiger partial charge in [-0.15, -0.1) is 18.3 Å². The van der Waals surface area contributed by atoms with Crippen molar-refractivity contribution in [3.63, 3.8) is 0 Å². The predicted molar refractivity (Wildman–Crippen MR) is 160 cm³/mol. The van der Waals surface area contributed by atoms with E-state index in [1.807, 2.05) is 12.1 Å². The molecule has 47 heavy (non-hydrogen) atoms. The molecular formula is C34H30F3N5O5. The molecule has 1 N–H and O–H groups in total. The highest BCUT2D eigenvalue weighted by Crippen LogP contribution is 2.67. The van der Waals surface area contributed by atoms with E-state index in [-0.39, 0.29) is 41.1 Å². The van der Waals surface area contributed by atoms with E-state index >= 15 is 0 Å². The molecule has 0 aliphatic heterocycles. The molecule has 13 heteroatoms. The zero-order valence-corrected chi connectivity index (χ0v) is 25.1. The number of alkyl halides is 3. The first-order valence-electron chi connectivity index (χ1n) is 15.8. The highest BCUT2D eigenvalue weighted by Gasteiger charge is 2.61. The van der Waals surface area contributed by atoms with Crippen molar-refractivity contribution in [1.29, 1.82) is 5.26 Å². The van der Waals surface area contributed by atoms with Crippen LogP contribution in [0.1, 0.15) is 73.4 Å². The number of nitrogens with zero attached hydrogens (tertiary/aromatic N) is 4. The van der Waals surface area contributed by atoms with Gasteiger partial charge in [0, 0.05) is 17.0 Å². The summed E-state index contributed by atoms with van der Waals surface area (Å²) >= 11 is 0. The SMILES string of the molecule is N#Cc1nn(-c2ccc(C34C[C@H]5CC3[C@H](C[C@@H](OCc3c(-c6ccccc6OC(F)(F)F)noc3C3CC3)C5)C4)cc2)c(=O)[nH]c1=O. The molecule has 0 amide bonds. The van der Waals surface area contributed by atoms with Crippen LogP contribution in [0.5, 0.6) is 5.75 Å². The van der Waals surface area contributed by atoms with Gasteiger partial charge in [0.2, 0.25) is 5.69 Å². The van der Waals surface area contributed by atoms with Crippen molar-refractivity contribution in [3.05, 3.63) is 92.0 Å². The van der Waals surface area contributed by atoms with E-state index in [4.69, 9.17) is 14.5 Å². The highest BCUT2D eigenvalue weighted by atomic mass is 19.4. The summed E-state index contributed by atoms with van der Waals surface area (Å²) in [6, 6.07) is 15.3. The zero-order chi connectivity index (χ0) is 32.5. The van der Waals surface area contributed by atoms with Crippen LogP contribution in [-0.2, 0) is 16.8 Å². The number of hydrogen-bond acceptors (Lipinski definition) is 8. The summed E-state index contributed by atoms with van der Waals surface area (Å²) in [5.74, 6) is 2.01. The number of hydrogen-bond donors (Lipinski definition) is 1. The Morgan fingerprint density at radius 1 is 1.06 bits per heavy atom. The van der Waals surface area contributed by atoms with Gasteiger partial charge in [-0.05, 0) is 97.9 Å². The van der Waals surface area contributed by atoms with E-state index in [1.165, 1.54) is 17.7 Å². The summed E-state index contributed by atoms with van der Waals surface area (Å²) in [5, 5.41) is 17.3. The minimum Gasteiger partial charge on any atom is -0.405 e. The van der Waals surface area contributed by atoms with E-state index in [1.54, 1.807) is 30.3 Å². The smallest absolute Gasteiger partial charge is 0.405 e. The van der Waals surface area contributed by atoms with Gasteiger partial charge in [0.1, 0.15) is 23.3 Å². The van der Waals surface area contributed by atoms with Crippen molar-refractivity contribution in [2.24, 2.45) is 17.8 Å². The lowest BCUT2D eigenvalue weighted by Gasteiger charge is -2.53. The first-order chi connectivity index (χ1) is 22.6. The molecule has 4 aromatic rings. The van der Waals surface area contributed by atoms with Crippen molar-refractivity contribution < 1.29 is 27.2 Å². The molecule has 0 saturated heterocycles. The van der Waals surface area contributed by atoms with Gasteiger partial charge in [-0.2, -0.15) is 9.94 Å². The van der Waals surface area contributed by atoms with Crippen LogP contribution in [0.2, 0.25) is 0 Å². The lowest BCUT2D eigenvalue weighted by Crippen LogP contribution is -2.49. The van der Waals surface area contributed by atoms with Crippen molar-refractivity contribution in [2.45, 2.75) is 75.4 Å². The minimum absolute atomic E-state index is 0.0136. The molecule has 2 heterocycles. The monoisotopic (exact) mass is 645 g/mol. The number of nitrogens with one attached hydrogen (secondary N) is 1. The van der Waals surface area contributed by atoms with Crippen LogP contribution in [0, 0.1) is 29.1 Å². The quantitative estimate of drug-likeness (QED) is 0.251. The molecule has 2 unspecified atom stereocenters. The Kier molecular flexibility index (Phi) is 6.91. The maximum atomic E-state index is 13.2. The average Bonchev–Trinajstić information content (AvgIpc) is 3.74. The second-order valence-corrected chi connectivity index (χ2v) is 13.3. The first-order valence-corrected chi connectivity index (χ1v) is 15.8. The van der Waals surface area contributed by atoms with Gasteiger partial charge in [-0.3, -0.25) is 9.78 Å². The fourth-order valence-electron chi connectivity index (χ4n) is 8.48. The van der Waals surface area contributed by atoms with Crippen LogP contribution in [0.15, 0.2) is 62.6 Å². The Morgan fingerprint density at radius 3 is 2.60 bits per heavy atom. The molecule has 0 spiro atoms. The minimum atomic E-state index is -4.84. The number of benzene rings is 2. The second kappa shape index (κ2) is 10.9. The fraction of sp³-hybridized carbons (Fsp3) is 0.441. The molecule has 4 aliphatic carbocycles. The number of aromatic amines is 1. The number of rotatable bonds is 8. The summed E-state index contributed by atoms with van der Waals surface area (Å²) in [5.41, 5.74) is 1.09. The average molecular weight is 646 g/mol. The van der Waals surface area contributed by atoms with Crippen molar-refractivity contribution in [1.82, 2.24) is 19.9 Å². The molecule has 2 bridgehead atoms. The molecule has 4 fully saturated rings. The third kappa shape index (κ3) is 5.24. The maximum Gasteiger partial charge on any atom is 0.573 e. The zero-order valence-electron chi connectivity index (χ0n) is 25.1. The van der Waals surface area contributed by atoms with Gasteiger partial charge < -0.3 is 14.0 Å². The summed E-state index contributed by atoms with van der Waals surface area (Å²) in [7, 11) is 0. The lowest BCUT2D eigenvalue weighted by atomic mass is 9.51. The number of halogens is 3. The predicted octanol–water partition coefficient (Wildman–Crippen LogP) is 5.89. The third-order valence-electron chi connectivity index (χ3n) is 10.5. The number of fused-ring (bicyclic) bond motifs is 1. The Hall–Kier alpha value is -4.70. The molecule has 2 aromatic carbocycles. The molecular weight excluding hydrogens is 615 g/mol. The van der Waals surface area contributed by atoms with E-state index in [9.17, 15) is 22.8 Å². The van der Waals surface area contributed by atoms with Crippen molar-refractivity contribution in [2.75, 3.05) is 0 Å². The Labute approximate surface area is 266 Å². The van der Waals surface area contributed by atoms with Crippen LogP contribution < -0.4 is 16.0 Å². The molecule has 2 aromatic heterocycles. The summed E-state index contributed by atoms with van der Waals surface area (Å²) < 4.78 is 57.1. The number of nitriles is 1. The highest BCUT2D eigenvalue weighted by molar-refractivity contribution is 5.70. The van der Waals surface area contributed by atoms with E-state index in [0.717, 1.165) is 49.6 Å². The largest absolute Gasteiger partial charge is 0.573 e. The molecule has 10 nitrogen and oxygen atoms in total. The van der Waals surface area contributed by atoms with Crippen LogP contribution in [0.3, 0.4) is 0 Å². The number of ether oxygens (including phenoxy) is 2. The Morgan fingerprint density at radius 2 is 1.85 bits per heavy atom. The molecule has 0 radical (unpaired) electrons. The molecule has 8 rings (SSSR count). The van der Waals surface area contributed by atoms with Gasteiger partial charge in [-0.1, -0.05) is 29.4 Å². The first kappa shape index (κ1) is 29.7. The summed E-state index contributed by atoms with van der Waals surface area (Å²) in [4.78, 5) is 26.2. The van der Waals surface area contributed by atoms with E-state index in [2.05, 4.69) is 20.0 Å². The standard InChI is InChI=1S/C34H30F3N5O5/c35-34(36,37)46-28-4-2-1-3-24(28)29-25(30(47-41-29)19-5-6-19)17-45-23-11-18-12-26-20(13-23)15-33(26,14-18)21-7-9-22(10-8-21)42-32(44)39-31(43)27(16-38)40-42/h1-4,7-10,18-20,23,26H,5-6,11-15,17H2,(H,39,43,44)/t18-,20-,23+,26?,33?/m1/s1. The second-order valence-electron chi connectivity index (χ2n) is 13.3. The topological polar surface area (TPSA) is 136 Å². The van der Waals surface area contributed by atoms with E-state index < -0.39 is 17.6 Å². The van der Waals surface area contributed by atoms with Gasteiger partial charge in [-0.25, -0.2) is 4.79 Å². The number of H-pyrrole nitrogens is 1. The summed E-state index contributed by atoms with van der Waals surface area (Å²) in [6.07, 6.45) is 2.02. The van der Waals surface area contributed by atoms with Gasteiger partial charge >= 0.3 is 12.1 Å². The van der Waals surface area contributed by atoms with Crippen LogP contribution in [0.4, 0.5) is 13.2 Å². The fourth-order valence-corrected chi connectivity index (χ4v) is 8.48. The summed E-state index contributed by atoms with van der Waals surface area (Å²) in [6.45, 7) is 0.206. The Balaban J connectivity index is 0.982. The van der Waals surface area contributed by atoms with Crippen molar-refractivity contribution >= 4 is 0 Å².